The van der Waals surface area contributed by atoms with E-state index in [0.29, 0.717) is 17.8 Å². The second-order valence-electron chi connectivity index (χ2n) is 4.89. The lowest BCUT2D eigenvalue weighted by atomic mass is 10.2. The average Bonchev–Trinajstić information content (AvgIpc) is 2.49. The standard InChI is InChI=1S/C16H22N2O4/c1-3-4-5-10-17-15(20)11-22-16(21)13-6-8-14(9-7-13)18-12(2)19/h6-9H,3-5,10-11H2,1-2H3,(H,17,20)(H,18,19). The molecule has 0 aliphatic carbocycles. The summed E-state index contributed by atoms with van der Waals surface area (Å²) in [5, 5.41) is 5.29. The summed E-state index contributed by atoms with van der Waals surface area (Å²) in [4.78, 5) is 34.1. The molecule has 0 saturated carbocycles. The fourth-order valence-electron chi connectivity index (χ4n) is 1.76. The predicted octanol–water partition coefficient (Wildman–Crippen LogP) is 2.11. The topological polar surface area (TPSA) is 84.5 Å². The van der Waals surface area contributed by atoms with E-state index in [9.17, 15) is 14.4 Å². The Morgan fingerprint density at radius 2 is 1.77 bits per heavy atom. The van der Waals surface area contributed by atoms with Crippen molar-refractivity contribution < 1.29 is 19.1 Å². The minimum atomic E-state index is -0.571. The van der Waals surface area contributed by atoms with Gasteiger partial charge in [0.15, 0.2) is 6.61 Å². The molecular formula is C16H22N2O4. The van der Waals surface area contributed by atoms with Gasteiger partial charge in [-0.1, -0.05) is 19.8 Å². The number of anilines is 1. The molecule has 6 heteroatoms. The van der Waals surface area contributed by atoms with Crippen LogP contribution in [0.2, 0.25) is 0 Å². The molecule has 1 aromatic carbocycles. The van der Waals surface area contributed by atoms with Gasteiger partial charge in [0.05, 0.1) is 5.56 Å². The van der Waals surface area contributed by atoms with E-state index in [4.69, 9.17) is 4.74 Å². The third kappa shape index (κ3) is 6.88. The highest BCUT2D eigenvalue weighted by atomic mass is 16.5. The molecule has 0 atom stereocenters. The molecule has 0 aliphatic rings. The monoisotopic (exact) mass is 306 g/mol. The molecule has 0 spiro atoms. The van der Waals surface area contributed by atoms with Crippen molar-refractivity contribution in [2.75, 3.05) is 18.5 Å². The fraction of sp³-hybridized carbons (Fsp3) is 0.438. The molecule has 6 nitrogen and oxygen atoms in total. The molecule has 2 N–H and O–H groups in total. The molecule has 1 rings (SSSR count). The first-order valence-electron chi connectivity index (χ1n) is 7.34. The maximum absolute atomic E-state index is 11.8. The number of carbonyl (C=O) groups excluding carboxylic acids is 3. The van der Waals surface area contributed by atoms with Crippen LogP contribution in [0, 0.1) is 0 Å². The predicted molar refractivity (Wildman–Crippen MR) is 83.6 cm³/mol. The first-order chi connectivity index (χ1) is 10.5. The molecule has 0 unspecified atom stereocenters. The lowest BCUT2D eigenvalue weighted by molar-refractivity contribution is -0.124. The van der Waals surface area contributed by atoms with Crippen LogP contribution in [-0.2, 0) is 14.3 Å². The van der Waals surface area contributed by atoms with Crippen LogP contribution >= 0.6 is 0 Å². The summed E-state index contributed by atoms with van der Waals surface area (Å²) in [6.07, 6.45) is 3.06. The van der Waals surface area contributed by atoms with E-state index in [0.717, 1.165) is 19.3 Å². The van der Waals surface area contributed by atoms with Gasteiger partial charge in [-0.15, -0.1) is 0 Å². The van der Waals surface area contributed by atoms with Gasteiger partial charge in [-0.25, -0.2) is 4.79 Å². The summed E-state index contributed by atoms with van der Waals surface area (Å²) >= 11 is 0. The van der Waals surface area contributed by atoms with Gasteiger partial charge in [0, 0.05) is 19.2 Å². The Balaban J connectivity index is 2.35. The van der Waals surface area contributed by atoms with Crippen LogP contribution in [0.5, 0.6) is 0 Å². The van der Waals surface area contributed by atoms with Crippen molar-refractivity contribution in [2.24, 2.45) is 0 Å². The number of amides is 2. The minimum absolute atomic E-state index is 0.185. The van der Waals surface area contributed by atoms with Crippen LogP contribution in [0.1, 0.15) is 43.5 Å². The summed E-state index contributed by atoms with van der Waals surface area (Å²) < 4.78 is 4.93. The van der Waals surface area contributed by atoms with Gasteiger partial charge >= 0.3 is 5.97 Å². The van der Waals surface area contributed by atoms with E-state index in [-0.39, 0.29) is 18.4 Å². The molecule has 2 amide bonds. The molecule has 0 radical (unpaired) electrons. The van der Waals surface area contributed by atoms with Crippen LogP contribution < -0.4 is 10.6 Å². The highest BCUT2D eigenvalue weighted by Gasteiger charge is 2.10. The number of nitrogens with one attached hydrogen (secondary N) is 2. The van der Waals surface area contributed by atoms with E-state index in [1.807, 2.05) is 0 Å². The number of hydrogen-bond donors (Lipinski definition) is 2. The highest BCUT2D eigenvalue weighted by molar-refractivity contribution is 5.93. The molecule has 1 aromatic rings. The second kappa shape index (κ2) is 9.55. The average molecular weight is 306 g/mol. The number of unbranched alkanes of at least 4 members (excludes halogenated alkanes) is 2. The molecule has 0 aliphatic heterocycles. The number of ether oxygens (including phenoxy) is 1. The zero-order valence-corrected chi connectivity index (χ0v) is 13.0. The van der Waals surface area contributed by atoms with E-state index in [1.165, 1.54) is 19.1 Å². The Kier molecular flexibility index (Phi) is 7.67. The summed E-state index contributed by atoms with van der Waals surface area (Å²) in [6, 6.07) is 6.27. The Morgan fingerprint density at radius 3 is 2.36 bits per heavy atom. The van der Waals surface area contributed by atoms with Crippen molar-refractivity contribution >= 4 is 23.5 Å². The third-order valence-corrected chi connectivity index (χ3v) is 2.88. The molecule has 0 heterocycles. The molecule has 120 valence electrons. The quantitative estimate of drug-likeness (QED) is 0.569. The van der Waals surface area contributed by atoms with Gasteiger partial charge in [-0.2, -0.15) is 0 Å². The molecule has 0 bridgehead atoms. The second-order valence-corrected chi connectivity index (χ2v) is 4.89. The van der Waals surface area contributed by atoms with Crippen molar-refractivity contribution in [3.63, 3.8) is 0 Å². The van der Waals surface area contributed by atoms with Crippen molar-refractivity contribution in [1.82, 2.24) is 5.32 Å². The highest BCUT2D eigenvalue weighted by Crippen LogP contribution is 2.10. The van der Waals surface area contributed by atoms with Crippen molar-refractivity contribution in [3.05, 3.63) is 29.8 Å². The summed E-state index contributed by atoms with van der Waals surface area (Å²) in [7, 11) is 0. The summed E-state index contributed by atoms with van der Waals surface area (Å²) in [6.45, 7) is 3.79. The first kappa shape index (κ1) is 17.7. The third-order valence-electron chi connectivity index (χ3n) is 2.88. The Hall–Kier alpha value is -2.37. The SMILES string of the molecule is CCCCCNC(=O)COC(=O)c1ccc(NC(C)=O)cc1. The van der Waals surface area contributed by atoms with Gasteiger partial charge < -0.3 is 15.4 Å². The maximum atomic E-state index is 11.8. The number of esters is 1. The molecule has 0 fully saturated rings. The van der Waals surface area contributed by atoms with Crippen LogP contribution in [0.4, 0.5) is 5.69 Å². The number of carbonyl (C=O) groups is 3. The zero-order valence-electron chi connectivity index (χ0n) is 13.0. The van der Waals surface area contributed by atoms with Crippen molar-refractivity contribution in [1.29, 1.82) is 0 Å². The van der Waals surface area contributed by atoms with Crippen LogP contribution in [0.3, 0.4) is 0 Å². The van der Waals surface area contributed by atoms with E-state index >= 15 is 0 Å². The smallest absolute Gasteiger partial charge is 0.338 e. The van der Waals surface area contributed by atoms with Crippen LogP contribution in [-0.4, -0.2) is 30.9 Å². The van der Waals surface area contributed by atoms with Gasteiger partial charge in [0.2, 0.25) is 5.91 Å². The lowest BCUT2D eigenvalue weighted by Crippen LogP contribution is -2.29. The van der Waals surface area contributed by atoms with E-state index in [1.54, 1.807) is 12.1 Å². The Bertz CT molecular complexity index is 511. The Morgan fingerprint density at radius 1 is 1.09 bits per heavy atom. The van der Waals surface area contributed by atoms with Gasteiger partial charge in [-0.3, -0.25) is 9.59 Å². The number of hydrogen-bond acceptors (Lipinski definition) is 4. The fourth-order valence-corrected chi connectivity index (χ4v) is 1.76. The molecule has 0 aromatic heterocycles. The van der Waals surface area contributed by atoms with Gasteiger partial charge in [0.25, 0.3) is 5.91 Å². The van der Waals surface area contributed by atoms with Crippen molar-refractivity contribution in [3.8, 4) is 0 Å². The van der Waals surface area contributed by atoms with Crippen LogP contribution in [0.25, 0.3) is 0 Å². The molecule has 22 heavy (non-hydrogen) atoms. The van der Waals surface area contributed by atoms with E-state index < -0.39 is 5.97 Å². The maximum Gasteiger partial charge on any atom is 0.338 e. The normalized spacial score (nSPS) is 9.91. The Labute approximate surface area is 130 Å². The van der Waals surface area contributed by atoms with E-state index in [2.05, 4.69) is 17.6 Å². The van der Waals surface area contributed by atoms with Gasteiger partial charge in [-0.05, 0) is 30.7 Å². The summed E-state index contributed by atoms with van der Waals surface area (Å²) in [5.41, 5.74) is 0.922. The summed E-state index contributed by atoms with van der Waals surface area (Å²) in [5.74, 6) is -1.06. The zero-order chi connectivity index (χ0) is 16.4. The molecular weight excluding hydrogens is 284 g/mol. The first-order valence-corrected chi connectivity index (χ1v) is 7.34. The largest absolute Gasteiger partial charge is 0.452 e. The van der Waals surface area contributed by atoms with Crippen molar-refractivity contribution in [2.45, 2.75) is 33.1 Å². The minimum Gasteiger partial charge on any atom is -0.452 e. The number of rotatable bonds is 8. The lowest BCUT2D eigenvalue weighted by Gasteiger charge is -2.07. The van der Waals surface area contributed by atoms with Gasteiger partial charge in [0.1, 0.15) is 0 Å². The molecule has 0 saturated heterocycles. The number of benzene rings is 1. The van der Waals surface area contributed by atoms with Crippen LogP contribution in [0.15, 0.2) is 24.3 Å².